The fraction of sp³-hybridized carbons (Fsp3) is 0.455. The van der Waals surface area contributed by atoms with Gasteiger partial charge in [0.15, 0.2) is 4.90 Å². The van der Waals surface area contributed by atoms with Gasteiger partial charge in [-0.15, -0.1) is 0 Å². The number of anilines is 1. The van der Waals surface area contributed by atoms with E-state index in [0.29, 0.717) is 6.42 Å². The van der Waals surface area contributed by atoms with Crippen molar-refractivity contribution in [3.05, 3.63) is 28.3 Å². The molecule has 106 valence electrons. The van der Waals surface area contributed by atoms with Gasteiger partial charge in [0, 0.05) is 17.3 Å². The van der Waals surface area contributed by atoms with Gasteiger partial charge >= 0.3 is 0 Å². The molecule has 1 rings (SSSR count). The first kappa shape index (κ1) is 15.4. The Morgan fingerprint density at radius 3 is 2.47 bits per heavy atom. The molecule has 1 aromatic carbocycles. The van der Waals surface area contributed by atoms with Crippen molar-refractivity contribution in [3.8, 4) is 0 Å². The van der Waals surface area contributed by atoms with Crippen molar-refractivity contribution in [1.82, 2.24) is 4.72 Å². The summed E-state index contributed by atoms with van der Waals surface area (Å²) in [7, 11) is -4.00. The third-order valence-electron chi connectivity index (χ3n) is 2.76. The normalized spacial score (nSPS) is 12.4. The molecule has 0 saturated heterocycles. The Morgan fingerprint density at radius 1 is 1.42 bits per heavy atom. The van der Waals surface area contributed by atoms with Crippen LogP contribution in [-0.2, 0) is 10.0 Å². The van der Waals surface area contributed by atoms with Gasteiger partial charge in [-0.1, -0.05) is 6.92 Å². The Morgan fingerprint density at radius 2 is 2.00 bits per heavy atom. The lowest BCUT2D eigenvalue weighted by Crippen LogP contribution is -2.42. The molecule has 19 heavy (non-hydrogen) atoms. The summed E-state index contributed by atoms with van der Waals surface area (Å²) in [5.41, 5.74) is 4.47. The van der Waals surface area contributed by atoms with Crippen molar-refractivity contribution in [1.29, 1.82) is 0 Å². The average Bonchev–Trinajstić information content (AvgIpc) is 2.27. The van der Waals surface area contributed by atoms with Gasteiger partial charge in [-0.25, -0.2) is 13.1 Å². The van der Waals surface area contributed by atoms with Crippen LogP contribution in [-0.4, -0.2) is 18.9 Å². The summed E-state index contributed by atoms with van der Waals surface area (Å²) in [4.78, 5) is 9.73. The highest BCUT2D eigenvalue weighted by Gasteiger charge is 2.30. The topological polar surface area (TPSA) is 115 Å². The highest BCUT2D eigenvalue weighted by atomic mass is 32.2. The largest absolute Gasteiger partial charge is 0.399 e. The summed E-state index contributed by atoms with van der Waals surface area (Å²) in [6.07, 6.45) is 0.544. The van der Waals surface area contributed by atoms with Crippen LogP contribution in [0.3, 0.4) is 0 Å². The zero-order valence-corrected chi connectivity index (χ0v) is 11.8. The van der Waals surface area contributed by atoms with Crippen LogP contribution in [0, 0.1) is 10.1 Å². The predicted octanol–water partition coefficient (Wildman–Crippen LogP) is 1.64. The van der Waals surface area contributed by atoms with E-state index in [-0.39, 0.29) is 5.69 Å². The van der Waals surface area contributed by atoms with E-state index in [9.17, 15) is 18.5 Å². The molecule has 0 amide bonds. The average molecular weight is 287 g/mol. The number of nitrogen functional groups attached to an aromatic ring is 1. The number of hydrogen-bond donors (Lipinski definition) is 2. The van der Waals surface area contributed by atoms with Crippen molar-refractivity contribution in [2.24, 2.45) is 0 Å². The van der Waals surface area contributed by atoms with E-state index in [2.05, 4.69) is 4.72 Å². The third-order valence-corrected chi connectivity index (χ3v) is 4.49. The Bertz CT molecular complexity index is 596. The van der Waals surface area contributed by atoms with Crippen LogP contribution in [0.25, 0.3) is 0 Å². The van der Waals surface area contributed by atoms with Crippen LogP contribution < -0.4 is 10.5 Å². The Kier molecular flexibility index (Phi) is 4.16. The maximum Gasteiger partial charge on any atom is 0.289 e. The number of nitro groups is 1. The fourth-order valence-corrected chi connectivity index (χ4v) is 3.08. The van der Waals surface area contributed by atoms with Gasteiger partial charge in [0.25, 0.3) is 5.69 Å². The number of nitro benzene ring substituents is 1. The molecule has 8 heteroatoms. The van der Waals surface area contributed by atoms with Crippen LogP contribution in [0.5, 0.6) is 0 Å². The second kappa shape index (κ2) is 5.14. The smallest absolute Gasteiger partial charge is 0.289 e. The minimum atomic E-state index is -4.00. The molecule has 3 N–H and O–H groups in total. The molecular weight excluding hydrogens is 270 g/mol. The third kappa shape index (κ3) is 3.65. The maximum atomic E-state index is 12.2. The maximum absolute atomic E-state index is 12.2. The summed E-state index contributed by atoms with van der Waals surface area (Å²) < 4.78 is 26.9. The van der Waals surface area contributed by atoms with Crippen molar-refractivity contribution < 1.29 is 13.3 Å². The number of nitrogens with zero attached hydrogens (tertiary/aromatic N) is 1. The molecule has 0 fully saturated rings. The van der Waals surface area contributed by atoms with Crippen LogP contribution in [0.15, 0.2) is 23.1 Å². The summed E-state index contributed by atoms with van der Waals surface area (Å²) in [6, 6.07) is 3.47. The molecule has 0 bridgehead atoms. The quantitative estimate of drug-likeness (QED) is 0.485. The zero-order chi connectivity index (χ0) is 14.8. The van der Waals surface area contributed by atoms with E-state index in [1.54, 1.807) is 13.8 Å². The fourth-order valence-electron chi connectivity index (χ4n) is 1.39. The first-order chi connectivity index (χ1) is 8.59. The summed E-state index contributed by atoms with van der Waals surface area (Å²) in [5, 5.41) is 10.9. The molecule has 0 spiro atoms. The summed E-state index contributed by atoms with van der Waals surface area (Å²) >= 11 is 0. The second-order valence-corrected chi connectivity index (χ2v) is 6.48. The molecule has 0 saturated carbocycles. The predicted molar refractivity (Wildman–Crippen MR) is 72.2 cm³/mol. The molecule has 0 radical (unpaired) electrons. The minimum absolute atomic E-state index is 0.153. The SMILES string of the molecule is CCC(C)(C)NS(=O)(=O)c1cc(N)ccc1[N+](=O)[O-]. The standard InChI is InChI=1S/C11H17N3O4S/c1-4-11(2,3)13-19(17,18)10-7-8(12)5-6-9(10)14(15)16/h5-7,13H,4,12H2,1-3H3. The Balaban J connectivity index is 3.36. The number of nitrogens with one attached hydrogen (secondary N) is 1. The van der Waals surface area contributed by atoms with Crippen molar-refractivity contribution in [2.45, 2.75) is 37.6 Å². The van der Waals surface area contributed by atoms with E-state index < -0.39 is 31.1 Å². The summed E-state index contributed by atoms with van der Waals surface area (Å²) in [5.74, 6) is 0. The van der Waals surface area contributed by atoms with Gasteiger partial charge in [0.05, 0.1) is 4.92 Å². The van der Waals surface area contributed by atoms with Gasteiger partial charge in [0.2, 0.25) is 10.0 Å². The number of benzene rings is 1. The number of nitrogens with two attached hydrogens (primary N) is 1. The monoisotopic (exact) mass is 287 g/mol. The van der Waals surface area contributed by atoms with Gasteiger partial charge < -0.3 is 5.73 Å². The highest BCUT2D eigenvalue weighted by Crippen LogP contribution is 2.27. The van der Waals surface area contributed by atoms with E-state index in [4.69, 9.17) is 5.73 Å². The van der Waals surface area contributed by atoms with E-state index >= 15 is 0 Å². The van der Waals surface area contributed by atoms with Gasteiger partial charge in [-0.2, -0.15) is 0 Å². The first-order valence-corrected chi connectivity index (χ1v) is 7.15. The van der Waals surface area contributed by atoms with Crippen LogP contribution in [0.4, 0.5) is 11.4 Å². The first-order valence-electron chi connectivity index (χ1n) is 5.67. The second-order valence-electron chi connectivity index (χ2n) is 4.83. The molecule has 0 aliphatic rings. The number of rotatable bonds is 5. The molecule has 1 aromatic rings. The molecule has 0 aromatic heterocycles. The molecular formula is C11H17N3O4S. The Hall–Kier alpha value is -1.67. The summed E-state index contributed by atoms with van der Waals surface area (Å²) in [6.45, 7) is 5.21. The number of sulfonamides is 1. The van der Waals surface area contributed by atoms with Crippen LogP contribution in [0.1, 0.15) is 27.2 Å². The zero-order valence-electron chi connectivity index (χ0n) is 11.0. The number of hydrogen-bond acceptors (Lipinski definition) is 5. The van der Waals surface area contributed by atoms with Crippen molar-refractivity contribution in [3.63, 3.8) is 0 Å². The minimum Gasteiger partial charge on any atom is -0.399 e. The van der Waals surface area contributed by atoms with Gasteiger partial charge in [-0.3, -0.25) is 10.1 Å². The van der Waals surface area contributed by atoms with Crippen LogP contribution in [0.2, 0.25) is 0 Å². The molecule has 0 atom stereocenters. The molecule has 0 aliphatic carbocycles. The molecule has 0 aliphatic heterocycles. The van der Waals surface area contributed by atoms with E-state index in [1.165, 1.54) is 6.07 Å². The van der Waals surface area contributed by atoms with Crippen molar-refractivity contribution >= 4 is 21.4 Å². The highest BCUT2D eigenvalue weighted by molar-refractivity contribution is 7.89. The lowest BCUT2D eigenvalue weighted by Gasteiger charge is -2.24. The lowest BCUT2D eigenvalue weighted by molar-refractivity contribution is -0.387. The van der Waals surface area contributed by atoms with Gasteiger partial charge in [0.1, 0.15) is 0 Å². The Labute approximate surface area is 112 Å². The van der Waals surface area contributed by atoms with E-state index in [0.717, 1.165) is 12.1 Å². The van der Waals surface area contributed by atoms with E-state index in [1.807, 2.05) is 6.92 Å². The van der Waals surface area contributed by atoms with Crippen molar-refractivity contribution in [2.75, 3.05) is 5.73 Å². The lowest BCUT2D eigenvalue weighted by atomic mass is 10.0. The van der Waals surface area contributed by atoms with Gasteiger partial charge in [-0.05, 0) is 32.4 Å². The molecule has 7 nitrogen and oxygen atoms in total. The van der Waals surface area contributed by atoms with Crippen LogP contribution >= 0.6 is 0 Å². The molecule has 0 unspecified atom stereocenters. The molecule has 0 heterocycles.